The highest BCUT2D eigenvalue weighted by Gasteiger charge is 2.19. The van der Waals surface area contributed by atoms with E-state index in [4.69, 9.17) is 9.47 Å². The number of hydrogen-bond donors (Lipinski definition) is 3. The molecule has 1 unspecified atom stereocenters. The van der Waals surface area contributed by atoms with Gasteiger partial charge in [0.15, 0.2) is 16.6 Å². The van der Waals surface area contributed by atoms with Crippen LogP contribution in [0.15, 0.2) is 113 Å². The summed E-state index contributed by atoms with van der Waals surface area (Å²) in [6.07, 6.45) is 1.53. The third-order valence-corrected chi connectivity index (χ3v) is 8.96. The van der Waals surface area contributed by atoms with E-state index in [1.165, 1.54) is 55.5 Å². The highest BCUT2D eigenvalue weighted by molar-refractivity contribution is 8.00. The summed E-state index contributed by atoms with van der Waals surface area (Å²) in [5.74, 6) is -0.364. The predicted molar refractivity (Wildman–Crippen MR) is 195 cm³/mol. The molecule has 254 valence electrons. The second-order valence-corrected chi connectivity index (χ2v) is 12.8. The maximum Gasteiger partial charge on any atom is 0.272 e. The van der Waals surface area contributed by atoms with Crippen molar-refractivity contribution >= 4 is 63.4 Å². The molecule has 0 saturated carbocycles. The van der Waals surface area contributed by atoms with Crippen LogP contribution in [0.25, 0.3) is 17.3 Å². The summed E-state index contributed by atoms with van der Waals surface area (Å²) in [5.41, 5.74) is 2.43. The molecule has 1 atom stereocenters. The maximum absolute atomic E-state index is 13.6. The number of amides is 3. The number of rotatable bonds is 13. The van der Waals surface area contributed by atoms with Crippen LogP contribution in [0.2, 0.25) is 0 Å². The quantitative estimate of drug-likeness (QED) is 0.0494. The van der Waals surface area contributed by atoms with Crippen molar-refractivity contribution in [2.75, 3.05) is 24.9 Å². The van der Waals surface area contributed by atoms with Crippen LogP contribution < -0.4 is 25.4 Å². The summed E-state index contributed by atoms with van der Waals surface area (Å²) in [4.78, 5) is 55.5. The number of thiazole rings is 1. The molecule has 0 bridgehead atoms. The number of nitrogens with zero attached hydrogens (tertiary/aromatic N) is 2. The largest absolute Gasteiger partial charge is 0.493 e. The Kier molecular flexibility index (Phi) is 11.6. The van der Waals surface area contributed by atoms with Crippen LogP contribution in [0.1, 0.15) is 22.8 Å². The number of non-ortho nitro benzene ring substituents is 1. The van der Waals surface area contributed by atoms with Gasteiger partial charge in [-0.1, -0.05) is 42.5 Å². The van der Waals surface area contributed by atoms with Crippen molar-refractivity contribution < 1.29 is 28.8 Å². The molecular weight excluding hydrogens is 679 g/mol. The third-order valence-electron chi connectivity index (χ3n) is 7.11. The maximum atomic E-state index is 13.6. The number of aromatic nitrogens is 1. The molecule has 0 spiro atoms. The molecule has 0 radical (unpaired) electrons. The number of benzene rings is 4. The lowest BCUT2D eigenvalue weighted by atomic mass is 10.1. The molecule has 0 fully saturated rings. The molecule has 1 aromatic heterocycles. The van der Waals surface area contributed by atoms with E-state index in [0.29, 0.717) is 49.6 Å². The Morgan fingerprint density at radius 2 is 1.66 bits per heavy atom. The number of ether oxygens (including phenoxy) is 2. The van der Waals surface area contributed by atoms with Crippen LogP contribution in [0.4, 0.5) is 16.5 Å². The number of anilines is 2. The Morgan fingerprint density at radius 1 is 0.900 bits per heavy atom. The molecule has 3 N–H and O–H groups in total. The minimum absolute atomic E-state index is 0.00944. The van der Waals surface area contributed by atoms with Crippen LogP contribution in [-0.2, 0) is 9.59 Å². The van der Waals surface area contributed by atoms with Crippen molar-refractivity contribution in [3.63, 3.8) is 0 Å². The standard InChI is InChI=1S/C36H31N5O7S2/c1-22(33(42)40-36-39-30(21-49-36)25-11-7-13-27(19-25)41(45)46)50-28-14-8-12-26(20-28)37-35(44)29(38-34(43)24-9-5-4-6-10-24)17-23-15-16-31(47-2)32(18-23)48-3/h4-22H,1-3H3,(H,37,44)(H,38,43)(H,39,40,42)/b29-17+. The van der Waals surface area contributed by atoms with Gasteiger partial charge in [0.05, 0.1) is 30.1 Å². The zero-order valence-corrected chi connectivity index (χ0v) is 28.7. The number of nitrogens with one attached hydrogen (secondary N) is 3. The fourth-order valence-corrected chi connectivity index (χ4v) is 6.25. The molecule has 12 nitrogen and oxygen atoms in total. The monoisotopic (exact) mass is 709 g/mol. The van der Waals surface area contributed by atoms with E-state index >= 15 is 0 Å². The van der Waals surface area contributed by atoms with Crippen LogP contribution in [-0.4, -0.2) is 47.1 Å². The predicted octanol–water partition coefficient (Wildman–Crippen LogP) is 7.26. The van der Waals surface area contributed by atoms with E-state index in [0.717, 1.165) is 0 Å². The zero-order valence-electron chi connectivity index (χ0n) is 27.0. The molecule has 14 heteroatoms. The highest BCUT2D eigenvalue weighted by atomic mass is 32.2. The van der Waals surface area contributed by atoms with Gasteiger partial charge < -0.3 is 25.4 Å². The SMILES string of the molecule is COc1ccc(/C=C(/NC(=O)c2ccccc2)C(=O)Nc2cccc(SC(C)C(=O)Nc3nc(-c4cccc([N+](=O)[O-])c4)cs3)c2)cc1OC. The first-order chi connectivity index (χ1) is 24.1. The Balaban J connectivity index is 1.28. The summed E-state index contributed by atoms with van der Waals surface area (Å²) in [6, 6.07) is 26.7. The van der Waals surface area contributed by atoms with Gasteiger partial charge in [-0.05, 0) is 61.0 Å². The van der Waals surface area contributed by atoms with E-state index in [2.05, 4.69) is 20.9 Å². The van der Waals surface area contributed by atoms with E-state index in [9.17, 15) is 24.5 Å². The van der Waals surface area contributed by atoms with Crippen LogP contribution >= 0.6 is 23.1 Å². The molecular formula is C36H31N5O7S2. The van der Waals surface area contributed by atoms with Crippen molar-refractivity contribution in [3.05, 3.63) is 129 Å². The van der Waals surface area contributed by atoms with Gasteiger partial charge in [-0.15, -0.1) is 23.1 Å². The molecule has 5 rings (SSSR count). The Bertz CT molecular complexity index is 2070. The molecule has 4 aromatic carbocycles. The van der Waals surface area contributed by atoms with Gasteiger partial charge in [0.1, 0.15) is 5.70 Å². The van der Waals surface area contributed by atoms with Crippen LogP contribution in [0.3, 0.4) is 0 Å². The number of methoxy groups -OCH3 is 2. The minimum atomic E-state index is -0.569. The molecule has 0 aliphatic rings. The smallest absolute Gasteiger partial charge is 0.272 e. The van der Waals surface area contributed by atoms with Crippen molar-refractivity contribution in [1.82, 2.24) is 10.3 Å². The van der Waals surface area contributed by atoms with Gasteiger partial charge >= 0.3 is 0 Å². The van der Waals surface area contributed by atoms with Gasteiger partial charge in [-0.25, -0.2) is 4.98 Å². The van der Waals surface area contributed by atoms with Gasteiger partial charge in [0.2, 0.25) is 5.91 Å². The summed E-state index contributed by atoms with van der Waals surface area (Å²) < 4.78 is 10.7. The third kappa shape index (κ3) is 9.12. The van der Waals surface area contributed by atoms with Crippen LogP contribution in [0, 0.1) is 10.1 Å². The second-order valence-electron chi connectivity index (χ2n) is 10.6. The fraction of sp³-hybridized carbons (Fsp3) is 0.111. The molecule has 0 aliphatic carbocycles. The zero-order chi connectivity index (χ0) is 35.6. The summed E-state index contributed by atoms with van der Waals surface area (Å²) in [6.45, 7) is 1.74. The number of nitro groups is 1. The first-order valence-electron chi connectivity index (χ1n) is 15.0. The first kappa shape index (κ1) is 35.3. The first-order valence-corrected chi connectivity index (χ1v) is 16.8. The molecule has 1 heterocycles. The van der Waals surface area contributed by atoms with Crippen molar-refractivity contribution in [2.45, 2.75) is 17.1 Å². The number of thioether (sulfide) groups is 1. The molecule has 3 amide bonds. The normalized spacial score (nSPS) is 11.6. The molecule has 0 aliphatic heterocycles. The Hall–Kier alpha value is -5.99. The highest BCUT2D eigenvalue weighted by Crippen LogP contribution is 2.31. The number of nitro benzene ring substituents is 1. The van der Waals surface area contributed by atoms with Gasteiger partial charge in [-0.3, -0.25) is 24.5 Å². The van der Waals surface area contributed by atoms with Gasteiger partial charge in [0.25, 0.3) is 17.5 Å². The van der Waals surface area contributed by atoms with Gasteiger partial charge in [0, 0.05) is 39.2 Å². The fourth-order valence-electron chi connectivity index (χ4n) is 4.60. The number of hydrogen-bond acceptors (Lipinski definition) is 10. The van der Waals surface area contributed by atoms with Crippen LogP contribution in [0.5, 0.6) is 11.5 Å². The lowest BCUT2D eigenvalue weighted by Crippen LogP contribution is -2.30. The van der Waals surface area contributed by atoms with E-state index in [1.54, 1.807) is 91.2 Å². The van der Waals surface area contributed by atoms with Crippen molar-refractivity contribution in [3.8, 4) is 22.8 Å². The average Bonchev–Trinajstić information content (AvgIpc) is 3.60. The van der Waals surface area contributed by atoms with Crippen molar-refractivity contribution in [2.24, 2.45) is 0 Å². The summed E-state index contributed by atoms with van der Waals surface area (Å²) in [5, 5.41) is 21.0. The number of carbonyl (C=O) groups excluding carboxylic acids is 3. The molecule has 5 aromatic rings. The summed E-state index contributed by atoms with van der Waals surface area (Å²) in [7, 11) is 3.02. The number of carbonyl (C=O) groups is 3. The molecule has 0 saturated heterocycles. The Labute approximate surface area is 295 Å². The molecule has 50 heavy (non-hydrogen) atoms. The average molecular weight is 710 g/mol. The van der Waals surface area contributed by atoms with Gasteiger partial charge in [-0.2, -0.15) is 0 Å². The minimum Gasteiger partial charge on any atom is -0.493 e. The lowest BCUT2D eigenvalue weighted by molar-refractivity contribution is -0.384. The second kappa shape index (κ2) is 16.4. The topological polar surface area (TPSA) is 162 Å². The van der Waals surface area contributed by atoms with E-state index < -0.39 is 22.0 Å². The Morgan fingerprint density at radius 3 is 2.40 bits per heavy atom. The van der Waals surface area contributed by atoms with Crippen molar-refractivity contribution in [1.29, 1.82) is 0 Å². The van der Waals surface area contributed by atoms with E-state index in [-0.39, 0.29) is 17.3 Å². The lowest BCUT2D eigenvalue weighted by Gasteiger charge is -2.14. The summed E-state index contributed by atoms with van der Waals surface area (Å²) >= 11 is 2.49. The van der Waals surface area contributed by atoms with E-state index in [1.807, 2.05) is 6.07 Å².